The number of carbonyl (C=O) groups is 1. The van der Waals surface area contributed by atoms with Crippen LogP contribution in [0.15, 0.2) is 74.7 Å². The molecule has 1 aromatic carbocycles. The highest BCUT2D eigenvalue weighted by Gasteiger charge is 2.16. The summed E-state index contributed by atoms with van der Waals surface area (Å²) in [7, 11) is -3.82. The van der Waals surface area contributed by atoms with E-state index in [2.05, 4.69) is 30.2 Å². The van der Waals surface area contributed by atoms with Gasteiger partial charge in [-0.15, -0.1) is 11.3 Å². The predicted octanol–water partition coefficient (Wildman–Crippen LogP) is 3.00. The van der Waals surface area contributed by atoms with Crippen LogP contribution in [0.3, 0.4) is 0 Å². The summed E-state index contributed by atoms with van der Waals surface area (Å²) in [5, 5.41) is 6.63. The maximum atomic E-state index is 12.5. The minimum atomic E-state index is -3.82. The van der Waals surface area contributed by atoms with Gasteiger partial charge in [0.15, 0.2) is 0 Å². The largest absolute Gasteiger partial charge is 0.455 e. The van der Waals surface area contributed by atoms with Gasteiger partial charge < -0.3 is 4.42 Å². The first-order valence-corrected chi connectivity index (χ1v) is 12.0. The highest BCUT2D eigenvalue weighted by molar-refractivity contribution is 7.92. The van der Waals surface area contributed by atoms with Crippen LogP contribution in [-0.4, -0.2) is 35.5 Å². The van der Waals surface area contributed by atoms with Gasteiger partial charge in [0.25, 0.3) is 10.0 Å². The van der Waals surface area contributed by atoms with Gasteiger partial charge in [-0.05, 0) is 49.4 Å². The zero-order valence-electron chi connectivity index (χ0n) is 17.3. The molecule has 168 valence electrons. The molecule has 0 saturated carbocycles. The second kappa shape index (κ2) is 9.71. The molecule has 0 fully saturated rings. The lowest BCUT2D eigenvalue weighted by molar-refractivity contribution is -0.120. The number of aromatic nitrogens is 3. The molecule has 0 aliphatic carbocycles. The number of amides is 1. The number of sulfonamides is 1. The van der Waals surface area contributed by atoms with E-state index in [0.29, 0.717) is 22.8 Å². The molecular formula is C21H18N6O4S2. The number of benzene rings is 1. The Morgan fingerprint density at radius 2 is 1.91 bits per heavy atom. The third-order valence-corrected chi connectivity index (χ3v) is 6.42. The van der Waals surface area contributed by atoms with Gasteiger partial charge in [-0.1, -0.05) is 0 Å². The van der Waals surface area contributed by atoms with E-state index in [1.807, 2.05) is 12.3 Å². The minimum absolute atomic E-state index is 0.00895. The second-order valence-corrected chi connectivity index (χ2v) is 9.48. The fraction of sp³-hybridized carbons (Fsp3) is 0.0952. The van der Waals surface area contributed by atoms with E-state index < -0.39 is 10.0 Å². The number of anilines is 1. The summed E-state index contributed by atoms with van der Waals surface area (Å²) in [6.07, 6.45) is 4.42. The summed E-state index contributed by atoms with van der Waals surface area (Å²) in [5.74, 6) is 0.651. The maximum Gasteiger partial charge on any atom is 0.264 e. The molecule has 4 aromatic rings. The number of thiazole rings is 1. The van der Waals surface area contributed by atoms with Crippen molar-refractivity contribution in [2.24, 2.45) is 5.10 Å². The fourth-order valence-electron chi connectivity index (χ4n) is 2.77. The molecule has 12 heteroatoms. The van der Waals surface area contributed by atoms with Gasteiger partial charge in [-0.2, -0.15) is 5.10 Å². The van der Waals surface area contributed by atoms with Crippen molar-refractivity contribution in [1.29, 1.82) is 0 Å². The van der Waals surface area contributed by atoms with E-state index >= 15 is 0 Å². The SMILES string of the molecule is Cc1nc(CC(=O)NN=Cc2ccc(-c3ccc(S(=O)(=O)Nc4ncccn4)cc3)o2)cs1. The van der Waals surface area contributed by atoms with Crippen molar-refractivity contribution in [3.63, 3.8) is 0 Å². The average Bonchev–Trinajstić information content (AvgIpc) is 3.43. The van der Waals surface area contributed by atoms with Crippen LogP contribution in [-0.2, 0) is 21.2 Å². The van der Waals surface area contributed by atoms with Crippen LogP contribution in [0.4, 0.5) is 5.95 Å². The summed E-state index contributed by atoms with van der Waals surface area (Å²) in [4.78, 5) is 23.9. The van der Waals surface area contributed by atoms with Gasteiger partial charge in [0.2, 0.25) is 11.9 Å². The van der Waals surface area contributed by atoms with Crippen LogP contribution in [0.25, 0.3) is 11.3 Å². The molecule has 0 saturated heterocycles. The lowest BCUT2D eigenvalue weighted by Crippen LogP contribution is -2.19. The summed E-state index contributed by atoms with van der Waals surface area (Å²) < 4.78 is 33.0. The molecule has 3 aromatic heterocycles. The summed E-state index contributed by atoms with van der Waals surface area (Å²) >= 11 is 1.48. The number of rotatable bonds is 8. The van der Waals surface area contributed by atoms with Crippen molar-refractivity contribution in [2.45, 2.75) is 18.2 Å². The molecule has 0 aliphatic heterocycles. The monoisotopic (exact) mass is 482 g/mol. The van der Waals surface area contributed by atoms with Crippen LogP contribution < -0.4 is 10.1 Å². The zero-order valence-corrected chi connectivity index (χ0v) is 18.9. The number of nitrogens with zero attached hydrogens (tertiary/aromatic N) is 4. The van der Waals surface area contributed by atoms with Gasteiger partial charge in [0.1, 0.15) is 11.5 Å². The van der Waals surface area contributed by atoms with Crippen LogP contribution in [0.2, 0.25) is 0 Å². The highest BCUT2D eigenvalue weighted by atomic mass is 32.2. The third kappa shape index (κ3) is 5.87. The Balaban J connectivity index is 1.37. The second-order valence-electron chi connectivity index (χ2n) is 6.73. The Morgan fingerprint density at radius 3 is 2.61 bits per heavy atom. The molecule has 2 N–H and O–H groups in total. The molecular weight excluding hydrogens is 464 g/mol. The van der Waals surface area contributed by atoms with Crippen molar-refractivity contribution in [3.05, 3.63) is 76.7 Å². The molecule has 10 nitrogen and oxygen atoms in total. The van der Waals surface area contributed by atoms with E-state index in [4.69, 9.17) is 4.42 Å². The summed E-state index contributed by atoms with van der Waals surface area (Å²) in [5.41, 5.74) is 3.80. The first-order valence-electron chi connectivity index (χ1n) is 9.62. The van der Waals surface area contributed by atoms with Crippen LogP contribution in [0, 0.1) is 6.92 Å². The van der Waals surface area contributed by atoms with Crippen LogP contribution >= 0.6 is 11.3 Å². The van der Waals surface area contributed by atoms with Crippen molar-refractivity contribution < 1.29 is 17.6 Å². The number of carbonyl (C=O) groups excluding carboxylic acids is 1. The van der Waals surface area contributed by atoms with Crippen molar-refractivity contribution in [3.8, 4) is 11.3 Å². The topological polar surface area (TPSA) is 139 Å². The van der Waals surface area contributed by atoms with E-state index in [1.165, 1.54) is 42.1 Å². The summed E-state index contributed by atoms with van der Waals surface area (Å²) in [6, 6.07) is 11.2. The molecule has 0 unspecified atom stereocenters. The van der Waals surface area contributed by atoms with E-state index in [-0.39, 0.29) is 23.2 Å². The molecule has 3 heterocycles. The van der Waals surface area contributed by atoms with Crippen LogP contribution in [0.5, 0.6) is 0 Å². The molecule has 33 heavy (non-hydrogen) atoms. The maximum absolute atomic E-state index is 12.5. The van der Waals surface area contributed by atoms with Gasteiger partial charge in [-0.3, -0.25) is 4.79 Å². The fourth-order valence-corrected chi connectivity index (χ4v) is 4.34. The Labute approximate surface area is 193 Å². The number of furan rings is 1. The lowest BCUT2D eigenvalue weighted by Gasteiger charge is -2.06. The van der Waals surface area contributed by atoms with Crippen molar-refractivity contribution in [1.82, 2.24) is 20.4 Å². The van der Waals surface area contributed by atoms with E-state index in [9.17, 15) is 13.2 Å². The standard InChI is InChI=1S/C21H18N6O4S2/c1-14-25-16(13-32-14)11-20(28)26-24-12-17-5-8-19(31-17)15-3-6-18(7-4-15)33(29,30)27-21-22-9-2-10-23-21/h2-10,12-13H,11H2,1H3,(H,26,28)(H,22,23,27). The van der Waals surface area contributed by atoms with Gasteiger partial charge in [0.05, 0.1) is 28.2 Å². The molecule has 4 rings (SSSR count). The highest BCUT2D eigenvalue weighted by Crippen LogP contribution is 2.24. The first kappa shape index (κ1) is 22.3. The Morgan fingerprint density at radius 1 is 1.15 bits per heavy atom. The van der Waals surface area contributed by atoms with E-state index in [0.717, 1.165) is 5.01 Å². The third-order valence-electron chi connectivity index (χ3n) is 4.26. The predicted molar refractivity (Wildman–Crippen MR) is 123 cm³/mol. The number of hydrogen-bond acceptors (Lipinski definition) is 9. The number of hydrogen-bond donors (Lipinski definition) is 2. The summed E-state index contributed by atoms with van der Waals surface area (Å²) in [6.45, 7) is 1.88. The smallest absolute Gasteiger partial charge is 0.264 e. The average molecular weight is 483 g/mol. The Bertz CT molecular complexity index is 1380. The zero-order chi connectivity index (χ0) is 23.3. The van der Waals surface area contributed by atoms with Gasteiger partial charge >= 0.3 is 0 Å². The molecule has 0 bridgehead atoms. The molecule has 0 atom stereocenters. The molecule has 0 spiro atoms. The number of hydrazone groups is 1. The van der Waals surface area contributed by atoms with Crippen LogP contribution in [0.1, 0.15) is 16.5 Å². The quantitative estimate of drug-likeness (QED) is 0.291. The Kier molecular flexibility index (Phi) is 6.56. The minimum Gasteiger partial charge on any atom is -0.455 e. The van der Waals surface area contributed by atoms with Gasteiger partial charge in [-0.25, -0.2) is 33.5 Å². The lowest BCUT2D eigenvalue weighted by atomic mass is 10.2. The molecule has 0 aliphatic rings. The Hall–Kier alpha value is -3.90. The van der Waals surface area contributed by atoms with Crippen molar-refractivity contribution in [2.75, 3.05) is 4.72 Å². The number of nitrogens with one attached hydrogen (secondary N) is 2. The molecule has 0 radical (unpaired) electrons. The van der Waals surface area contributed by atoms with Gasteiger partial charge in [0, 0.05) is 23.3 Å². The van der Waals surface area contributed by atoms with E-state index in [1.54, 1.807) is 30.3 Å². The first-order chi connectivity index (χ1) is 15.9. The van der Waals surface area contributed by atoms with Crippen molar-refractivity contribution >= 4 is 39.4 Å². The number of aryl methyl sites for hydroxylation is 1. The normalized spacial score (nSPS) is 11.5. The molecule has 1 amide bonds.